The predicted molar refractivity (Wildman–Crippen MR) is 116 cm³/mol. The molecule has 0 saturated heterocycles. The molecule has 0 saturated carbocycles. The Morgan fingerprint density at radius 3 is 2.30 bits per heavy atom. The molecule has 0 amide bonds. The molecule has 0 aliphatic carbocycles. The zero-order valence-electron chi connectivity index (χ0n) is 16.6. The molecule has 0 fully saturated rings. The van der Waals surface area contributed by atoms with Crippen LogP contribution in [0.4, 0.5) is 11.4 Å². The highest BCUT2D eigenvalue weighted by Gasteiger charge is 2.19. The lowest BCUT2D eigenvalue weighted by Crippen LogP contribution is -2.21. The molecule has 0 unspecified atom stereocenters. The molecule has 0 bridgehead atoms. The third kappa shape index (κ3) is 4.90. The number of carboxylic acids is 1. The molecule has 156 valence electrons. The second kappa shape index (κ2) is 8.87. The monoisotopic (exact) mass is 426 g/mol. The maximum Gasteiger partial charge on any atom is 0.335 e. The SMILES string of the molecule is COc1ccc(S(=O)(=O)Nc2cc(C(=O)O)ccc2N(C)Cc2ccccc2)cc1. The van der Waals surface area contributed by atoms with Gasteiger partial charge in [0.05, 0.1) is 28.9 Å². The van der Waals surface area contributed by atoms with Crippen LogP contribution < -0.4 is 14.4 Å². The fourth-order valence-corrected chi connectivity index (χ4v) is 4.05. The highest BCUT2D eigenvalue weighted by Crippen LogP contribution is 2.30. The molecular formula is C22H22N2O5S. The zero-order valence-corrected chi connectivity index (χ0v) is 17.4. The van der Waals surface area contributed by atoms with Crippen molar-refractivity contribution in [3.05, 3.63) is 83.9 Å². The van der Waals surface area contributed by atoms with Gasteiger partial charge in [0.2, 0.25) is 0 Å². The van der Waals surface area contributed by atoms with Gasteiger partial charge in [0.1, 0.15) is 5.75 Å². The normalized spacial score (nSPS) is 11.0. The van der Waals surface area contributed by atoms with Crippen molar-refractivity contribution in [3.63, 3.8) is 0 Å². The Balaban J connectivity index is 1.96. The fourth-order valence-electron chi connectivity index (χ4n) is 2.98. The number of anilines is 2. The topological polar surface area (TPSA) is 95.9 Å². The van der Waals surface area contributed by atoms with Crippen LogP contribution in [-0.2, 0) is 16.6 Å². The molecule has 0 aliphatic heterocycles. The Bertz CT molecular complexity index is 1130. The van der Waals surface area contributed by atoms with E-state index in [2.05, 4.69) is 4.72 Å². The summed E-state index contributed by atoms with van der Waals surface area (Å²) in [7, 11) is -0.627. The number of hydrogen-bond acceptors (Lipinski definition) is 5. The first kappa shape index (κ1) is 21.2. The number of nitrogens with one attached hydrogen (secondary N) is 1. The molecule has 0 radical (unpaired) electrons. The van der Waals surface area contributed by atoms with Crippen molar-refractivity contribution in [2.75, 3.05) is 23.8 Å². The molecule has 3 rings (SSSR count). The summed E-state index contributed by atoms with van der Waals surface area (Å²) >= 11 is 0. The first-order valence-corrected chi connectivity index (χ1v) is 10.6. The van der Waals surface area contributed by atoms with Crippen LogP contribution in [0.1, 0.15) is 15.9 Å². The lowest BCUT2D eigenvalue weighted by Gasteiger charge is -2.23. The van der Waals surface area contributed by atoms with E-state index in [4.69, 9.17) is 4.74 Å². The third-order valence-electron chi connectivity index (χ3n) is 4.53. The van der Waals surface area contributed by atoms with Gasteiger partial charge in [0.15, 0.2) is 0 Å². The summed E-state index contributed by atoms with van der Waals surface area (Å²) in [5.74, 6) is -0.609. The van der Waals surface area contributed by atoms with Crippen molar-refractivity contribution in [3.8, 4) is 5.75 Å². The van der Waals surface area contributed by atoms with Crippen molar-refractivity contribution in [1.29, 1.82) is 0 Å². The van der Waals surface area contributed by atoms with E-state index in [1.54, 1.807) is 18.2 Å². The van der Waals surface area contributed by atoms with Gasteiger partial charge < -0.3 is 14.7 Å². The number of hydrogen-bond donors (Lipinski definition) is 2. The molecule has 7 nitrogen and oxygen atoms in total. The molecule has 30 heavy (non-hydrogen) atoms. The summed E-state index contributed by atoms with van der Waals surface area (Å²) in [4.78, 5) is 13.3. The molecule has 3 aromatic rings. The van der Waals surface area contributed by atoms with Gasteiger partial charge in [-0.05, 0) is 48.0 Å². The Hall–Kier alpha value is -3.52. The number of benzene rings is 3. The zero-order chi connectivity index (χ0) is 21.7. The van der Waals surface area contributed by atoms with Crippen LogP contribution in [0.25, 0.3) is 0 Å². The molecule has 3 aromatic carbocycles. The number of carboxylic acid groups (broad SMARTS) is 1. The number of carbonyl (C=O) groups is 1. The number of sulfonamides is 1. The summed E-state index contributed by atoms with van der Waals surface area (Å²) in [5.41, 5.74) is 1.76. The van der Waals surface area contributed by atoms with Gasteiger partial charge >= 0.3 is 5.97 Å². The predicted octanol–water partition coefficient (Wildman–Crippen LogP) is 3.83. The molecule has 0 atom stereocenters. The minimum absolute atomic E-state index is 0.0145. The minimum atomic E-state index is -3.93. The number of ether oxygens (including phenoxy) is 1. The van der Waals surface area contributed by atoms with Crippen LogP contribution in [0, 0.1) is 0 Å². The second-order valence-electron chi connectivity index (χ2n) is 6.66. The number of nitrogens with zero attached hydrogens (tertiary/aromatic N) is 1. The van der Waals surface area contributed by atoms with E-state index in [9.17, 15) is 18.3 Å². The van der Waals surface area contributed by atoms with Crippen molar-refractivity contribution in [2.24, 2.45) is 0 Å². The van der Waals surface area contributed by atoms with Crippen LogP contribution in [0.2, 0.25) is 0 Å². The lowest BCUT2D eigenvalue weighted by molar-refractivity contribution is 0.0697. The number of methoxy groups -OCH3 is 1. The van der Waals surface area contributed by atoms with Crippen LogP contribution in [0.5, 0.6) is 5.75 Å². The van der Waals surface area contributed by atoms with Crippen LogP contribution in [-0.4, -0.2) is 33.7 Å². The molecule has 0 heterocycles. The van der Waals surface area contributed by atoms with Crippen molar-refractivity contribution in [2.45, 2.75) is 11.4 Å². The van der Waals surface area contributed by atoms with Crippen LogP contribution >= 0.6 is 0 Å². The van der Waals surface area contributed by atoms with E-state index >= 15 is 0 Å². The van der Waals surface area contributed by atoms with Gasteiger partial charge in [0.25, 0.3) is 10.0 Å². The van der Waals surface area contributed by atoms with Gasteiger partial charge in [-0.3, -0.25) is 4.72 Å². The summed E-state index contributed by atoms with van der Waals surface area (Å²) in [6.45, 7) is 0.518. The Kier molecular flexibility index (Phi) is 6.27. The number of rotatable bonds is 8. The summed E-state index contributed by atoms with van der Waals surface area (Å²) < 4.78 is 33.4. The van der Waals surface area contributed by atoms with E-state index in [1.807, 2.05) is 42.3 Å². The average molecular weight is 426 g/mol. The van der Waals surface area contributed by atoms with Crippen LogP contribution in [0.3, 0.4) is 0 Å². The van der Waals surface area contributed by atoms with Crippen molar-refractivity contribution in [1.82, 2.24) is 0 Å². The van der Waals surface area contributed by atoms with Gasteiger partial charge in [0, 0.05) is 13.6 Å². The van der Waals surface area contributed by atoms with E-state index < -0.39 is 16.0 Å². The minimum Gasteiger partial charge on any atom is -0.497 e. The largest absolute Gasteiger partial charge is 0.497 e. The maximum absolute atomic E-state index is 12.9. The van der Waals surface area contributed by atoms with E-state index in [1.165, 1.54) is 31.4 Å². The highest BCUT2D eigenvalue weighted by molar-refractivity contribution is 7.92. The van der Waals surface area contributed by atoms with Crippen LogP contribution in [0.15, 0.2) is 77.7 Å². The molecular weight excluding hydrogens is 404 g/mol. The Labute approximate surface area is 175 Å². The van der Waals surface area contributed by atoms with Gasteiger partial charge in [-0.1, -0.05) is 30.3 Å². The third-order valence-corrected chi connectivity index (χ3v) is 5.91. The standard InChI is InChI=1S/C22H22N2O5S/c1-24(15-16-6-4-3-5-7-16)21-13-8-17(22(25)26)14-20(21)23-30(27,28)19-11-9-18(29-2)10-12-19/h3-14,23H,15H2,1-2H3,(H,25,26). The second-order valence-corrected chi connectivity index (χ2v) is 8.34. The van der Waals surface area contributed by atoms with Gasteiger partial charge in [-0.15, -0.1) is 0 Å². The Morgan fingerprint density at radius 1 is 1.03 bits per heavy atom. The van der Waals surface area contributed by atoms with Crippen molar-refractivity contribution < 1.29 is 23.1 Å². The van der Waals surface area contributed by atoms with E-state index in [0.717, 1.165) is 5.56 Å². The fraction of sp³-hybridized carbons (Fsp3) is 0.136. The summed E-state index contributed by atoms with van der Waals surface area (Å²) in [6.07, 6.45) is 0. The van der Waals surface area contributed by atoms with Gasteiger partial charge in [-0.25, -0.2) is 13.2 Å². The maximum atomic E-state index is 12.9. The first-order valence-electron chi connectivity index (χ1n) is 9.09. The quantitative estimate of drug-likeness (QED) is 0.568. The first-order chi connectivity index (χ1) is 14.3. The Morgan fingerprint density at radius 2 is 1.70 bits per heavy atom. The van der Waals surface area contributed by atoms with Gasteiger partial charge in [-0.2, -0.15) is 0 Å². The summed E-state index contributed by atoms with van der Waals surface area (Å²) in [6, 6.07) is 20.0. The molecule has 0 spiro atoms. The van der Waals surface area contributed by atoms with Crippen molar-refractivity contribution >= 4 is 27.4 Å². The molecule has 0 aliphatic rings. The lowest BCUT2D eigenvalue weighted by atomic mass is 10.1. The van der Waals surface area contributed by atoms with E-state index in [0.29, 0.717) is 18.0 Å². The smallest absolute Gasteiger partial charge is 0.335 e. The number of aromatic carboxylic acids is 1. The summed E-state index contributed by atoms with van der Waals surface area (Å²) in [5, 5.41) is 9.34. The van der Waals surface area contributed by atoms with E-state index in [-0.39, 0.29) is 16.1 Å². The molecule has 8 heteroatoms. The highest BCUT2D eigenvalue weighted by atomic mass is 32.2. The average Bonchev–Trinajstić information content (AvgIpc) is 2.74. The molecule has 0 aromatic heterocycles. The molecule has 2 N–H and O–H groups in total.